The Balaban J connectivity index is 2.09. The van der Waals surface area contributed by atoms with Crippen molar-refractivity contribution in [2.24, 2.45) is 5.84 Å². The largest absolute Gasteiger partial charge is 0.307 e. The molecule has 1 atom stereocenters. The summed E-state index contributed by atoms with van der Waals surface area (Å²) in [4.78, 5) is 6.12. The van der Waals surface area contributed by atoms with E-state index in [1.54, 1.807) is 6.07 Å². The van der Waals surface area contributed by atoms with Crippen LogP contribution >= 0.6 is 0 Å². The molecule has 19 heavy (non-hydrogen) atoms. The predicted molar refractivity (Wildman–Crippen MR) is 72.9 cm³/mol. The first kappa shape index (κ1) is 14.2. The van der Waals surface area contributed by atoms with Crippen LogP contribution in [0.3, 0.4) is 0 Å². The first-order chi connectivity index (χ1) is 9.04. The molecule has 1 aromatic rings. The molecule has 0 saturated carbocycles. The number of hydrazine groups is 1. The van der Waals surface area contributed by atoms with Gasteiger partial charge in [0.25, 0.3) is 0 Å². The Morgan fingerprint density at radius 2 is 2.37 bits per heavy atom. The zero-order chi connectivity index (χ0) is 13.9. The number of pyridine rings is 1. The quantitative estimate of drug-likeness (QED) is 0.509. The molecule has 0 radical (unpaired) electrons. The van der Waals surface area contributed by atoms with Crippen molar-refractivity contribution in [2.75, 3.05) is 25.6 Å². The van der Waals surface area contributed by atoms with Crippen LogP contribution in [0.15, 0.2) is 23.2 Å². The number of nitrogen functional groups attached to an aromatic ring is 1. The van der Waals surface area contributed by atoms with Gasteiger partial charge in [-0.2, -0.15) is 0 Å². The van der Waals surface area contributed by atoms with E-state index in [0.29, 0.717) is 6.54 Å². The first-order valence-corrected chi connectivity index (χ1v) is 7.64. The Morgan fingerprint density at radius 1 is 1.58 bits per heavy atom. The molecule has 0 aliphatic carbocycles. The van der Waals surface area contributed by atoms with Gasteiger partial charge in [-0.1, -0.05) is 0 Å². The van der Waals surface area contributed by atoms with Crippen LogP contribution in [0.1, 0.15) is 12.8 Å². The minimum atomic E-state index is -3.60. The highest BCUT2D eigenvalue weighted by Gasteiger charge is 2.24. The molecule has 4 N–H and O–H groups in total. The number of nitrogens with one attached hydrogen (secondary N) is 2. The molecule has 0 bridgehead atoms. The van der Waals surface area contributed by atoms with E-state index in [4.69, 9.17) is 5.84 Å². The molecule has 2 rings (SSSR count). The molecule has 1 saturated heterocycles. The summed E-state index contributed by atoms with van der Waals surface area (Å²) in [6.45, 7) is 1.41. The minimum absolute atomic E-state index is 0.0677. The van der Waals surface area contributed by atoms with Crippen LogP contribution in [0.2, 0.25) is 0 Å². The fourth-order valence-electron chi connectivity index (χ4n) is 2.24. The van der Waals surface area contributed by atoms with Gasteiger partial charge in [0.05, 0.1) is 0 Å². The molecule has 7 nitrogen and oxygen atoms in total. The Bertz CT molecular complexity index is 534. The van der Waals surface area contributed by atoms with Gasteiger partial charge < -0.3 is 10.3 Å². The Morgan fingerprint density at radius 3 is 3.00 bits per heavy atom. The third kappa shape index (κ3) is 3.21. The molecule has 0 spiro atoms. The van der Waals surface area contributed by atoms with Crippen molar-refractivity contribution in [1.29, 1.82) is 0 Å². The maximum absolute atomic E-state index is 12.2. The maximum Gasteiger partial charge on any atom is 0.244 e. The molecular formula is C11H19N5O2S. The molecule has 1 aliphatic rings. The van der Waals surface area contributed by atoms with Crippen LogP contribution in [-0.2, 0) is 10.0 Å². The summed E-state index contributed by atoms with van der Waals surface area (Å²) in [7, 11) is -1.59. The van der Waals surface area contributed by atoms with Crippen LogP contribution in [-0.4, -0.2) is 44.5 Å². The second-order valence-electron chi connectivity index (χ2n) is 4.62. The summed E-state index contributed by atoms with van der Waals surface area (Å²) in [5.74, 6) is 5.42. The Labute approximate surface area is 113 Å². The average molecular weight is 285 g/mol. The molecular weight excluding hydrogens is 266 g/mol. The number of sulfonamides is 1. The van der Waals surface area contributed by atoms with Gasteiger partial charge in [0.15, 0.2) is 5.82 Å². The van der Waals surface area contributed by atoms with Crippen molar-refractivity contribution in [2.45, 2.75) is 23.8 Å². The fraction of sp³-hybridized carbons (Fsp3) is 0.545. The third-order valence-corrected chi connectivity index (χ3v) is 4.83. The number of hydrogen-bond donors (Lipinski definition) is 3. The maximum atomic E-state index is 12.2. The topological polar surface area (TPSA) is 100 Å². The van der Waals surface area contributed by atoms with Crippen LogP contribution < -0.4 is 16.0 Å². The van der Waals surface area contributed by atoms with Crippen molar-refractivity contribution in [1.82, 2.24) is 14.6 Å². The number of likely N-dealkylation sites (N-methyl/N-ethyl adjacent to an activating group) is 1. The highest BCUT2D eigenvalue weighted by atomic mass is 32.2. The number of likely N-dealkylation sites (tertiary alicyclic amines) is 1. The van der Waals surface area contributed by atoms with E-state index in [2.05, 4.69) is 20.0 Å². The van der Waals surface area contributed by atoms with Crippen molar-refractivity contribution in [3.8, 4) is 0 Å². The predicted octanol–water partition coefficient (Wildman–Crippen LogP) is -0.260. The summed E-state index contributed by atoms with van der Waals surface area (Å²) in [5.41, 5.74) is 2.30. The van der Waals surface area contributed by atoms with Crippen LogP contribution in [0.5, 0.6) is 0 Å². The van der Waals surface area contributed by atoms with Gasteiger partial charge in [0.1, 0.15) is 4.90 Å². The van der Waals surface area contributed by atoms with E-state index < -0.39 is 10.0 Å². The second-order valence-corrected chi connectivity index (χ2v) is 6.36. The van der Waals surface area contributed by atoms with E-state index in [1.165, 1.54) is 12.3 Å². The molecule has 1 unspecified atom stereocenters. The molecule has 106 valence electrons. The number of anilines is 1. The Hall–Kier alpha value is -1.22. The second kappa shape index (κ2) is 5.83. The zero-order valence-corrected chi connectivity index (χ0v) is 11.7. The van der Waals surface area contributed by atoms with E-state index >= 15 is 0 Å². The lowest BCUT2D eigenvalue weighted by atomic mass is 10.2. The number of aromatic nitrogens is 1. The summed E-state index contributed by atoms with van der Waals surface area (Å²) in [5, 5.41) is 0. The molecule has 0 amide bonds. The van der Waals surface area contributed by atoms with Gasteiger partial charge in [-0.15, -0.1) is 0 Å². The van der Waals surface area contributed by atoms with Crippen molar-refractivity contribution >= 4 is 15.8 Å². The molecule has 1 aliphatic heterocycles. The van der Waals surface area contributed by atoms with Gasteiger partial charge in [-0.3, -0.25) is 0 Å². The normalized spacial score (nSPS) is 20.6. The molecule has 1 aromatic heterocycles. The number of nitrogens with two attached hydrogens (primary N) is 1. The molecule has 0 aromatic carbocycles. The van der Waals surface area contributed by atoms with Crippen molar-refractivity contribution in [3.63, 3.8) is 0 Å². The zero-order valence-electron chi connectivity index (χ0n) is 10.8. The van der Waals surface area contributed by atoms with Crippen molar-refractivity contribution < 1.29 is 8.42 Å². The van der Waals surface area contributed by atoms with Crippen LogP contribution in [0.4, 0.5) is 5.82 Å². The highest BCUT2D eigenvalue weighted by Crippen LogP contribution is 2.18. The van der Waals surface area contributed by atoms with Gasteiger partial charge in [-0.25, -0.2) is 24.0 Å². The standard InChI is InChI=1S/C11H19N5O2S/c1-16-7-3-4-9(16)8-14-19(17,18)10-5-2-6-13-11(10)15-12/h2,5-6,9,14H,3-4,7-8,12H2,1H3,(H,13,15). The molecule has 1 fully saturated rings. The number of hydrogen-bond acceptors (Lipinski definition) is 6. The van der Waals surface area contributed by atoms with Crippen LogP contribution in [0.25, 0.3) is 0 Å². The summed E-state index contributed by atoms with van der Waals surface area (Å²) < 4.78 is 27.0. The lowest BCUT2D eigenvalue weighted by Gasteiger charge is -2.20. The van der Waals surface area contributed by atoms with Crippen LogP contribution in [0, 0.1) is 0 Å². The molecule has 2 heterocycles. The van der Waals surface area contributed by atoms with Gasteiger partial charge in [0.2, 0.25) is 10.0 Å². The van der Waals surface area contributed by atoms with Crippen molar-refractivity contribution in [3.05, 3.63) is 18.3 Å². The lowest BCUT2D eigenvalue weighted by molar-refractivity contribution is 0.311. The van der Waals surface area contributed by atoms with Gasteiger partial charge >= 0.3 is 0 Å². The third-order valence-electron chi connectivity index (χ3n) is 3.38. The van der Waals surface area contributed by atoms with E-state index in [1.807, 2.05) is 7.05 Å². The van der Waals surface area contributed by atoms with E-state index in [0.717, 1.165) is 19.4 Å². The number of nitrogens with zero attached hydrogens (tertiary/aromatic N) is 2. The lowest BCUT2D eigenvalue weighted by Crippen LogP contribution is -2.38. The summed E-state index contributed by atoms with van der Waals surface area (Å²) in [6.07, 6.45) is 3.60. The minimum Gasteiger partial charge on any atom is -0.307 e. The van der Waals surface area contributed by atoms with E-state index in [9.17, 15) is 8.42 Å². The highest BCUT2D eigenvalue weighted by molar-refractivity contribution is 7.89. The van der Waals surface area contributed by atoms with E-state index in [-0.39, 0.29) is 16.8 Å². The smallest absolute Gasteiger partial charge is 0.244 e. The van der Waals surface area contributed by atoms with Gasteiger partial charge in [0, 0.05) is 18.8 Å². The number of rotatable bonds is 5. The summed E-state index contributed by atoms with van der Waals surface area (Å²) >= 11 is 0. The molecule has 8 heteroatoms. The van der Waals surface area contributed by atoms with Gasteiger partial charge in [-0.05, 0) is 38.6 Å². The fourth-order valence-corrected chi connectivity index (χ4v) is 3.43. The SMILES string of the molecule is CN1CCCC1CNS(=O)(=O)c1cccnc1NN. The first-order valence-electron chi connectivity index (χ1n) is 6.16. The summed E-state index contributed by atoms with van der Waals surface area (Å²) in [6, 6.07) is 3.29. The monoisotopic (exact) mass is 285 g/mol. The average Bonchev–Trinajstić information content (AvgIpc) is 2.82. The Kier molecular flexibility index (Phi) is 4.35.